The Morgan fingerprint density at radius 3 is 2.29 bits per heavy atom. The van der Waals surface area contributed by atoms with Crippen molar-refractivity contribution in [3.8, 4) is 0 Å². The molecule has 4 heteroatoms. The molecule has 0 unspecified atom stereocenters. The highest BCUT2D eigenvalue weighted by Crippen LogP contribution is 2.00. The summed E-state index contributed by atoms with van der Waals surface area (Å²) in [4.78, 5) is 13.8. The molecule has 1 rings (SSSR count). The first kappa shape index (κ1) is 15.9. The van der Waals surface area contributed by atoms with Gasteiger partial charge < -0.3 is 9.64 Å². The van der Waals surface area contributed by atoms with E-state index in [1.54, 1.807) is 12.1 Å². The van der Waals surface area contributed by atoms with Crippen molar-refractivity contribution in [2.45, 2.75) is 13.8 Å². The lowest BCUT2D eigenvalue weighted by atomic mass is 10.2. The number of nitrogens with zero attached hydrogens (tertiary/aromatic N) is 1. The minimum atomic E-state index is -0.243. The van der Waals surface area contributed by atoms with E-state index >= 15 is 0 Å². The van der Waals surface area contributed by atoms with Crippen molar-refractivity contribution in [2.75, 3.05) is 26.2 Å². The zero-order valence-electron chi connectivity index (χ0n) is 10.4. The number of esters is 1. The predicted octanol–water partition coefficient (Wildman–Crippen LogP) is 2.61. The second-order valence-corrected chi connectivity index (χ2v) is 3.53. The van der Waals surface area contributed by atoms with Gasteiger partial charge in [0.05, 0.1) is 5.56 Å². The summed E-state index contributed by atoms with van der Waals surface area (Å²) < 4.78 is 5.18. The largest absolute Gasteiger partial charge is 0.461 e. The summed E-state index contributed by atoms with van der Waals surface area (Å²) in [6.45, 7) is 7.42. The topological polar surface area (TPSA) is 29.5 Å². The number of halogens is 1. The monoisotopic (exact) mass is 257 g/mol. The first-order valence-electron chi connectivity index (χ1n) is 5.72. The molecule has 0 aliphatic heterocycles. The molecule has 0 atom stereocenters. The van der Waals surface area contributed by atoms with Crippen LogP contribution in [0.4, 0.5) is 0 Å². The molecule has 1 aromatic rings. The van der Waals surface area contributed by atoms with Crippen molar-refractivity contribution in [3.63, 3.8) is 0 Å². The fraction of sp³-hybridized carbons (Fsp3) is 0.462. The average Bonchev–Trinajstić information content (AvgIpc) is 2.35. The molecule has 0 aromatic heterocycles. The minimum Gasteiger partial charge on any atom is -0.461 e. The van der Waals surface area contributed by atoms with Crippen LogP contribution < -0.4 is 0 Å². The fourth-order valence-electron chi connectivity index (χ4n) is 1.46. The van der Waals surface area contributed by atoms with Crippen LogP contribution in [0.15, 0.2) is 30.3 Å². The van der Waals surface area contributed by atoms with Gasteiger partial charge in [0, 0.05) is 6.54 Å². The fourth-order valence-corrected chi connectivity index (χ4v) is 1.46. The molecule has 0 saturated carbocycles. The van der Waals surface area contributed by atoms with Crippen LogP contribution in [0.3, 0.4) is 0 Å². The third kappa shape index (κ3) is 5.71. The summed E-state index contributed by atoms with van der Waals surface area (Å²) in [5.74, 6) is -0.243. The molecule has 0 aliphatic rings. The lowest BCUT2D eigenvalue weighted by Gasteiger charge is -2.17. The molecule has 0 amide bonds. The molecule has 0 N–H and O–H groups in total. The quantitative estimate of drug-likeness (QED) is 0.734. The molecule has 0 saturated heterocycles. The molecule has 0 heterocycles. The average molecular weight is 258 g/mol. The summed E-state index contributed by atoms with van der Waals surface area (Å²) in [6, 6.07) is 9.08. The van der Waals surface area contributed by atoms with Gasteiger partial charge >= 0.3 is 5.97 Å². The standard InChI is InChI=1S/C13H19NO2.ClH/c1-3-14(4-2)10-11-16-13(15)12-8-6-5-7-9-12;/h5-9H,3-4,10-11H2,1-2H3;1H. The van der Waals surface area contributed by atoms with Gasteiger partial charge in [0.25, 0.3) is 0 Å². The lowest BCUT2D eigenvalue weighted by Crippen LogP contribution is -2.27. The van der Waals surface area contributed by atoms with Gasteiger partial charge in [-0.1, -0.05) is 32.0 Å². The lowest BCUT2D eigenvalue weighted by molar-refractivity contribution is 0.0466. The van der Waals surface area contributed by atoms with Gasteiger partial charge in [0.2, 0.25) is 0 Å². The van der Waals surface area contributed by atoms with Crippen molar-refractivity contribution >= 4 is 18.4 Å². The molecule has 0 bridgehead atoms. The normalized spacial score (nSPS) is 9.82. The van der Waals surface area contributed by atoms with E-state index in [0.717, 1.165) is 19.6 Å². The van der Waals surface area contributed by atoms with Crippen LogP contribution in [0.2, 0.25) is 0 Å². The second-order valence-electron chi connectivity index (χ2n) is 3.53. The Morgan fingerprint density at radius 2 is 1.76 bits per heavy atom. The molecule has 0 radical (unpaired) electrons. The highest BCUT2D eigenvalue weighted by molar-refractivity contribution is 5.89. The number of benzene rings is 1. The van der Waals surface area contributed by atoms with Crippen LogP contribution in [-0.4, -0.2) is 37.1 Å². The van der Waals surface area contributed by atoms with E-state index in [4.69, 9.17) is 4.74 Å². The molecular weight excluding hydrogens is 238 g/mol. The molecule has 96 valence electrons. The van der Waals surface area contributed by atoms with Crippen LogP contribution in [0.5, 0.6) is 0 Å². The number of hydrogen-bond acceptors (Lipinski definition) is 3. The number of carbonyl (C=O) groups is 1. The van der Waals surface area contributed by atoms with Gasteiger partial charge in [-0.15, -0.1) is 12.4 Å². The molecule has 0 aliphatic carbocycles. The van der Waals surface area contributed by atoms with Crippen LogP contribution in [0.1, 0.15) is 24.2 Å². The maximum Gasteiger partial charge on any atom is 0.338 e. The number of ether oxygens (including phenoxy) is 1. The second kappa shape index (κ2) is 9.02. The van der Waals surface area contributed by atoms with Crippen molar-refractivity contribution in [2.24, 2.45) is 0 Å². The summed E-state index contributed by atoms with van der Waals surface area (Å²) >= 11 is 0. The number of likely N-dealkylation sites (N-methyl/N-ethyl adjacent to an activating group) is 1. The minimum absolute atomic E-state index is 0. The van der Waals surface area contributed by atoms with Crippen LogP contribution in [0, 0.1) is 0 Å². The highest BCUT2D eigenvalue weighted by atomic mass is 35.5. The maximum absolute atomic E-state index is 11.6. The van der Waals surface area contributed by atoms with E-state index < -0.39 is 0 Å². The Bertz CT molecular complexity index is 312. The van der Waals surface area contributed by atoms with Gasteiger partial charge in [0.15, 0.2) is 0 Å². The predicted molar refractivity (Wildman–Crippen MR) is 71.8 cm³/mol. The Balaban J connectivity index is 0.00000256. The Hall–Kier alpha value is -1.06. The first-order valence-corrected chi connectivity index (χ1v) is 5.72. The zero-order chi connectivity index (χ0) is 11.8. The molecule has 0 spiro atoms. The summed E-state index contributed by atoms with van der Waals surface area (Å²) in [5, 5.41) is 0. The zero-order valence-corrected chi connectivity index (χ0v) is 11.2. The number of rotatable bonds is 6. The van der Waals surface area contributed by atoms with Crippen LogP contribution in [-0.2, 0) is 4.74 Å². The van der Waals surface area contributed by atoms with E-state index in [0.29, 0.717) is 12.2 Å². The Kier molecular flexibility index (Phi) is 8.46. The van der Waals surface area contributed by atoms with Gasteiger partial charge in [-0.25, -0.2) is 4.79 Å². The summed E-state index contributed by atoms with van der Waals surface area (Å²) in [5.41, 5.74) is 0.613. The van der Waals surface area contributed by atoms with Gasteiger partial charge in [0.1, 0.15) is 6.61 Å². The highest BCUT2D eigenvalue weighted by Gasteiger charge is 2.06. The van der Waals surface area contributed by atoms with Crippen molar-refractivity contribution in [1.29, 1.82) is 0 Å². The summed E-state index contributed by atoms with van der Waals surface area (Å²) in [6.07, 6.45) is 0. The van der Waals surface area contributed by atoms with Gasteiger partial charge in [-0.3, -0.25) is 0 Å². The Labute approximate surface area is 109 Å². The maximum atomic E-state index is 11.6. The molecule has 17 heavy (non-hydrogen) atoms. The van der Waals surface area contributed by atoms with Crippen molar-refractivity contribution in [3.05, 3.63) is 35.9 Å². The Morgan fingerprint density at radius 1 is 1.18 bits per heavy atom. The number of carbonyl (C=O) groups excluding carboxylic acids is 1. The van der Waals surface area contributed by atoms with E-state index in [2.05, 4.69) is 18.7 Å². The SMILES string of the molecule is CCN(CC)CCOC(=O)c1ccccc1.Cl. The number of hydrogen-bond donors (Lipinski definition) is 0. The molecular formula is C13H20ClNO2. The van der Waals surface area contributed by atoms with Crippen LogP contribution >= 0.6 is 12.4 Å². The van der Waals surface area contributed by atoms with Crippen molar-refractivity contribution in [1.82, 2.24) is 4.90 Å². The van der Waals surface area contributed by atoms with E-state index in [1.165, 1.54) is 0 Å². The molecule has 0 fully saturated rings. The van der Waals surface area contributed by atoms with Crippen molar-refractivity contribution < 1.29 is 9.53 Å². The molecule has 1 aromatic carbocycles. The molecule has 3 nitrogen and oxygen atoms in total. The first-order chi connectivity index (χ1) is 7.77. The third-order valence-corrected chi connectivity index (χ3v) is 2.54. The van der Waals surface area contributed by atoms with E-state index in [9.17, 15) is 4.79 Å². The summed E-state index contributed by atoms with van der Waals surface area (Å²) in [7, 11) is 0. The van der Waals surface area contributed by atoms with Crippen LogP contribution in [0.25, 0.3) is 0 Å². The smallest absolute Gasteiger partial charge is 0.338 e. The third-order valence-electron chi connectivity index (χ3n) is 2.54. The van der Waals surface area contributed by atoms with E-state index in [-0.39, 0.29) is 18.4 Å². The van der Waals surface area contributed by atoms with E-state index in [1.807, 2.05) is 18.2 Å². The van der Waals surface area contributed by atoms with Gasteiger partial charge in [-0.05, 0) is 25.2 Å². The van der Waals surface area contributed by atoms with Gasteiger partial charge in [-0.2, -0.15) is 0 Å².